The lowest BCUT2D eigenvalue weighted by Gasteiger charge is -2.34. The number of nitrogens with two attached hydrogens (primary N) is 2. The second kappa shape index (κ2) is 20.1. The van der Waals surface area contributed by atoms with Crippen LogP contribution in [0.4, 0.5) is 0 Å². The zero-order valence-electron chi connectivity index (χ0n) is 33.0. The number of rotatable bonds is 9. The van der Waals surface area contributed by atoms with Crippen molar-refractivity contribution in [2.24, 2.45) is 17.4 Å². The van der Waals surface area contributed by atoms with Gasteiger partial charge < -0.3 is 77.4 Å². The molecule has 3 fully saturated rings. The van der Waals surface area contributed by atoms with Crippen LogP contribution < -0.4 is 36.9 Å². The Morgan fingerprint density at radius 3 is 2.16 bits per heavy atom. The maximum atomic E-state index is 14.3. The van der Waals surface area contributed by atoms with Gasteiger partial charge in [0.2, 0.25) is 41.4 Å². The predicted molar refractivity (Wildman–Crippen MR) is 204 cm³/mol. The molecule has 15 N–H and O–H groups in total. The van der Waals surface area contributed by atoms with Gasteiger partial charge in [-0.1, -0.05) is 13.0 Å². The third kappa shape index (κ3) is 12.2. The van der Waals surface area contributed by atoms with Gasteiger partial charge in [0.25, 0.3) is 0 Å². The van der Waals surface area contributed by atoms with Crippen LogP contribution in [0, 0.1) is 5.92 Å². The van der Waals surface area contributed by atoms with Crippen LogP contribution in [0.5, 0.6) is 11.5 Å². The Hall–Kier alpha value is -5.22. The Kier molecular flexibility index (Phi) is 16.0. The molecular formula is C35H52N8O17S. The van der Waals surface area contributed by atoms with Gasteiger partial charge in [0.15, 0.2) is 11.5 Å². The predicted octanol–water partition coefficient (Wildman–Crippen LogP) is -7.04. The standard InChI is InChI=1S/C35H52N8O17S/c1-14-13-43-28(29(14)50)33(54)38-12-17(45)10-18(36)30(51)39-25(15(2)44)34(55)42-7-3-4-19(42)31(52)40-26(32(53)41-27(35(43)56)22(48)11-24(37)49)21(47)8-16-5-6-20(46)23(9-16)60-61(57,58)59/h5-6,9,14-15,17-19,21-22,25-29,44-48,50H,3-4,7-8,10-13,36H2,1-2H3,(H2,37,49)(H,38,54)(H,39,51)(H,40,52)(H,41,53)(H,57,58,59). The first-order valence-electron chi connectivity index (χ1n) is 19.1. The van der Waals surface area contributed by atoms with Crippen LogP contribution in [0.3, 0.4) is 0 Å². The molecule has 3 aliphatic heterocycles. The fourth-order valence-electron chi connectivity index (χ4n) is 7.37. The molecule has 25 nitrogen and oxygen atoms in total. The quantitative estimate of drug-likeness (QED) is 0.102. The van der Waals surface area contributed by atoms with E-state index in [9.17, 15) is 72.6 Å². The number of hydrogen-bond acceptors (Lipinski definition) is 17. The molecule has 0 saturated carbocycles. The number of phenolic OH excluding ortho intramolecular Hbond substituents is 1. The molecule has 0 aliphatic carbocycles. The number of fused-ring (bicyclic) bond motifs is 2. The minimum Gasteiger partial charge on any atom is -0.504 e. The second-order valence-corrected chi connectivity index (χ2v) is 16.4. The smallest absolute Gasteiger partial charge is 0.446 e. The fourth-order valence-corrected chi connectivity index (χ4v) is 7.73. The minimum atomic E-state index is -5.17. The van der Waals surface area contributed by atoms with Crippen molar-refractivity contribution < 1.29 is 81.4 Å². The highest BCUT2D eigenvalue weighted by Crippen LogP contribution is 2.29. The minimum absolute atomic E-state index is 0.0428. The van der Waals surface area contributed by atoms with Gasteiger partial charge in [0.1, 0.15) is 30.2 Å². The number of nitrogens with one attached hydrogen (secondary N) is 4. The van der Waals surface area contributed by atoms with E-state index in [1.807, 2.05) is 0 Å². The highest BCUT2D eigenvalue weighted by molar-refractivity contribution is 7.81. The summed E-state index contributed by atoms with van der Waals surface area (Å²) in [6, 6.07) is -7.71. The van der Waals surface area contributed by atoms with E-state index in [1.165, 1.54) is 13.8 Å². The van der Waals surface area contributed by atoms with Crippen molar-refractivity contribution in [3.05, 3.63) is 23.8 Å². The van der Waals surface area contributed by atoms with Gasteiger partial charge in [-0.25, -0.2) is 0 Å². The van der Waals surface area contributed by atoms with E-state index in [0.29, 0.717) is 0 Å². The molecule has 0 bridgehead atoms. The van der Waals surface area contributed by atoms with Gasteiger partial charge >= 0.3 is 10.4 Å². The second-order valence-electron chi connectivity index (χ2n) is 15.4. The molecule has 0 spiro atoms. The molecule has 1 aromatic rings. The third-order valence-corrected chi connectivity index (χ3v) is 10.9. The summed E-state index contributed by atoms with van der Waals surface area (Å²) in [6.45, 7) is 1.62. The lowest BCUT2D eigenvalue weighted by Crippen LogP contribution is -2.64. The van der Waals surface area contributed by atoms with E-state index < -0.39 is 162 Å². The number of aliphatic hydroxyl groups is 5. The number of carbonyl (C=O) groups excluding carboxylic acids is 7. The molecule has 1 aromatic carbocycles. The van der Waals surface area contributed by atoms with E-state index >= 15 is 0 Å². The number of carbonyl (C=O) groups is 7. The molecule has 61 heavy (non-hydrogen) atoms. The summed E-state index contributed by atoms with van der Waals surface area (Å²) in [6.07, 6.45) is -10.8. The Balaban J connectivity index is 1.81. The zero-order valence-corrected chi connectivity index (χ0v) is 33.8. The Labute approximate surface area is 348 Å². The van der Waals surface area contributed by atoms with Gasteiger partial charge in [-0.3, -0.25) is 38.1 Å². The number of nitrogens with zero attached hydrogens (tertiary/aromatic N) is 2. The molecule has 3 saturated heterocycles. The summed E-state index contributed by atoms with van der Waals surface area (Å²) in [7, 11) is -5.17. The van der Waals surface area contributed by atoms with E-state index in [2.05, 4.69) is 25.5 Å². The SMILES string of the molecule is CC(O)C1NC(=O)C(N)CC(O)CNC(=O)C2C(O)C(C)CN2C(=O)C(C(O)CC(N)=O)NC(=O)C(C(O)Cc2ccc(O)c(OS(=O)(=O)O)c2)NC(=O)C2CCCN2C1=O. The number of hydrogen-bond donors (Lipinski definition) is 13. The maximum absolute atomic E-state index is 14.3. The molecule has 4 rings (SSSR count). The van der Waals surface area contributed by atoms with Crippen molar-refractivity contribution in [2.75, 3.05) is 19.6 Å². The molecule has 7 amide bonds. The van der Waals surface area contributed by atoms with Crippen molar-refractivity contribution in [1.29, 1.82) is 0 Å². The molecule has 12 atom stereocenters. The molecule has 12 unspecified atom stereocenters. The maximum Gasteiger partial charge on any atom is 0.446 e. The number of benzene rings is 1. The highest BCUT2D eigenvalue weighted by atomic mass is 32.3. The summed E-state index contributed by atoms with van der Waals surface area (Å²) in [5, 5.41) is 74.2. The van der Waals surface area contributed by atoms with E-state index in [0.717, 1.165) is 28.0 Å². The van der Waals surface area contributed by atoms with Gasteiger partial charge in [-0.2, -0.15) is 8.42 Å². The van der Waals surface area contributed by atoms with Gasteiger partial charge in [-0.05, 0) is 43.9 Å². The molecule has 3 heterocycles. The lowest BCUT2D eigenvalue weighted by atomic mass is 9.98. The summed E-state index contributed by atoms with van der Waals surface area (Å²) in [5.41, 5.74) is 11.2. The normalized spacial score (nSPS) is 30.4. The van der Waals surface area contributed by atoms with Crippen molar-refractivity contribution in [1.82, 2.24) is 31.1 Å². The number of amides is 7. The Morgan fingerprint density at radius 2 is 1.54 bits per heavy atom. The average Bonchev–Trinajstić information content (AvgIpc) is 3.77. The number of aromatic hydroxyl groups is 1. The molecule has 0 radical (unpaired) electrons. The largest absolute Gasteiger partial charge is 0.504 e. The van der Waals surface area contributed by atoms with Crippen molar-refractivity contribution >= 4 is 51.7 Å². The number of β-amino-alcohol motifs (C(OH)–C–C–N with tert-alkyl or cyclic N) is 1. The first-order chi connectivity index (χ1) is 28.4. The lowest BCUT2D eigenvalue weighted by molar-refractivity contribution is -0.147. The molecule has 3 aliphatic rings. The molecule has 0 aromatic heterocycles. The molecule has 340 valence electrons. The molecular weight excluding hydrogens is 836 g/mol. The van der Waals surface area contributed by atoms with E-state index in [-0.39, 0.29) is 31.5 Å². The summed E-state index contributed by atoms with van der Waals surface area (Å²) in [5.74, 6) is -10.2. The number of primary amides is 1. The zero-order chi connectivity index (χ0) is 45.7. The number of aliphatic hydroxyl groups excluding tert-OH is 5. The van der Waals surface area contributed by atoms with E-state index in [1.54, 1.807) is 0 Å². The van der Waals surface area contributed by atoms with Crippen LogP contribution >= 0.6 is 0 Å². The average molecular weight is 889 g/mol. The third-order valence-electron chi connectivity index (χ3n) is 10.5. The van der Waals surface area contributed by atoms with Crippen LogP contribution in [0.25, 0.3) is 0 Å². The van der Waals surface area contributed by atoms with Gasteiger partial charge in [0.05, 0.1) is 43.0 Å². The monoisotopic (exact) mass is 888 g/mol. The summed E-state index contributed by atoms with van der Waals surface area (Å²) in [4.78, 5) is 96.8. The van der Waals surface area contributed by atoms with Crippen LogP contribution in [-0.2, 0) is 50.4 Å². The van der Waals surface area contributed by atoms with Crippen molar-refractivity contribution in [3.8, 4) is 11.5 Å². The van der Waals surface area contributed by atoms with Gasteiger partial charge in [0, 0.05) is 32.0 Å². The Bertz CT molecular complexity index is 1960. The van der Waals surface area contributed by atoms with Crippen LogP contribution in [0.15, 0.2) is 18.2 Å². The van der Waals surface area contributed by atoms with Crippen molar-refractivity contribution in [2.45, 2.75) is 113 Å². The first-order valence-corrected chi connectivity index (χ1v) is 20.5. The summed E-state index contributed by atoms with van der Waals surface area (Å²) >= 11 is 0. The first kappa shape index (κ1) is 48.4. The topological polar surface area (TPSA) is 411 Å². The van der Waals surface area contributed by atoms with Gasteiger partial charge in [-0.15, -0.1) is 0 Å². The highest BCUT2D eigenvalue weighted by Gasteiger charge is 2.49. The number of phenols is 1. The molecule has 26 heteroatoms. The van der Waals surface area contributed by atoms with Crippen LogP contribution in [0.1, 0.15) is 45.1 Å². The van der Waals surface area contributed by atoms with Crippen molar-refractivity contribution in [3.63, 3.8) is 0 Å². The van der Waals surface area contributed by atoms with Crippen LogP contribution in [0.2, 0.25) is 0 Å². The summed E-state index contributed by atoms with van der Waals surface area (Å²) < 4.78 is 36.2. The fraction of sp³-hybridized carbons (Fsp3) is 0.629. The Morgan fingerprint density at radius 1 is 0.918 bits per heavy atom. The van der Waals surface area contributed by atoms with Crippen LogP contribution in [-0.4, -0.2) is 181 Å². The van der Waals surface area contributed by atoms with E-state index in [4.69, 9.17) is 16.0 Å².